The first-order valence-corrected chi connectivity index (χ1v) is 9.51. The van der Waals surface area contributed by atoms with Gasteiger partial charge in [0.2, 0.25) is 0 Å². The number of benzene rings is 3. The van der Waals surface area contributed by atoms with Crippen molar-refractivity contribution >= 4 is 32.6 Å². The summed E-state index contributed by atoms with van der Waals surface area (Å²) in [5.74, 6) is 0.135. The van der Waals surface area contributed by atoms with Crippen LogP contribution in [-0.2, 0) is 6.54 Å². The number of hydrogen-bond acceptors (Lipinski definition) is 4. The standard InChI is InChI=1S/C22H17FN2O2S/c1-27-18-11-12-19-20(13-18)28-22(24-19)25(14-15-5-3-2-4-6-15)21(26)16-7-9-17(23)10-8-16/h2-13H,14H2,1H3. The van der Waals surface area contributed by atoms with Crippen LogP contribution in [0.1, 0.15) is 15.9 Å². The Hall–Kier alpha value is -3.25. The molecule has 0 unspecified atom stereocenters. The van der Waals surface area contributed by atoms with Crippen LogP contribution in [0, 0.1) is 5.82 Å². The zero-order chi connectivity index (χ0) is 19.5. The fraction of sp³-hybridized carbons (Fsp3) is 0.0909. The van der Waals surface area contributed by atoms with E-state index in [1.165, 1.54) is 35.6 Å². The maximum atomic E-state index is 13.3. The Bertz CT molecular complexity index is 1110. The molecule has 28 heavy (non-hydrogen) atoms. The Balaban J connectivity index is 1.75. The fourth-order valence-corrected chi connectivity index (χ4v) is 3.87. The third-order valence-electron chi connectivity index (χ3n) is 4.34. The van der Waals surface area contributed by atoms with Gasteiger partial charge in [0.15, 0.2) is 5.13 Å². The van der Waals surface area contributed by atoms with Gasteiger partial charge >= 0.3 is 0 Å². The van der Waals surface area contributed by atoms with Crippen LogP contribution in [0.25, 0.3) is 10.2 Å². The number of carbonyl (C=O) groups excluding carboxylic acids is 1. The van der Waals surface area contributed by atoms with Crippen molar-refractivity contribution in [3.63, 3.8) is 0 Å². The first-order chi connectivity index (χ1) is 13.6. The number of methoxy groups -OCH3 is 1. The second-order valence-corrected chi connectivity index (χ2v) is 7.22. The van der Waals surface area contributed by atoms with E-state index in [0.29, 0.717) is 17.2 Å². The minimum absolute atomic E-state index is 0.227. The van der Waals surface area contributed by atoms with Crippen LogP contribution in [0.3, 0.4) is 0 Å². The topological polar surface area (TPSA) is 42.4 Å². The molecule has 1 amide bonds. The van der Waals surface area contributed by atoms with Crippen LogP contribution in [0.4, 0.5) is 9.52 Å². The number of hydrogen-bond donors (Lipinski definition) is 0. The Morgan fingerprint density at radius 3 is 2.54 bits per heavy atom. The van der Waals surface area contributed by atoms with Crippen molar-refractivity contribution in [1.82, 2.24) is 4.98 Å². The van der Waals surface area contributed by atoms with Crippen molar-refractivity contribution in [3.05, 3.63) is 89.7 Å². The lowest BCUT2D eigenvalue weighted by Crippen LogP contribution is -2.30. The number of amides is 1. The summed E-state index contributed by atoms with van der Waals surface area (Å²) in [6.45, 7) is 0.369. The average molecular weight is 392 g/mol. The number of aromatic nitrogens is 1. The highest BCUT2D eigenvalue weighted by atomic mass is 32.1. The van der Waals surface area contributed by atoms with Crippen molar-refractivity contribution in [3.8, 4) is 5.75 Å². The molecule has 0 N–H and O–H groups in total. The predicted octanol–water partition coefficient (Wildman–Crippen LogP) is 5.29. The zero-order valence-corrected chi connectivity index (χ0v) is 15.9. The van der Waals surface area contributed by atoms with Gasteiger partial charge in [-0.25, -0.2) is 9.37 Å². The van der Waals surface area contributed by atoms with Crippen LogP contribution in [0.15, 0.2) is 72.8 Å². The van der Waals surface area contributed by atoms with Gasteiger partial charge in [-0.1, -0.05) is 41.7 Å². The highest BCUT2D eigenvalue weighted by Crippen LogP contribution is 2.33. The molecule has 140 valence electrons. The molecule has 0 bridgehead atoms. The molecule has 4 aromatic rings. The maximum Gasteiger partial charge on any atom is 0.260 e. The summed E-state index contributed by atoms with van der Waals surface area (Å²) >= 11 is 1.42. The summed E-state index contributed by atoms with van der Waals surface area (Å²) in [5.41, 5.74) is 2.19. The number of thiazole rings is 1. The molecular weight excluding hydrogens is 375 g/mol. The van der Waals surface area contributed by atoms with E-state index < -0.39 is 0 Å². The van der Waals surface area contributed by atoms with Crippen LogP contribution in [-0.4, -0.2) is 18.0 Å². The SMILES string of the molecule is COc1ccc2nc(N(Cc3ccccc3)C(=O)c3ccc(F)cc3)sc2c1. The van der Waals surface area contributed by atoms with Gasteiger partial charge in [-0.3, -0.25) is 9.69 Å². The van der Waals surface area contributed by atoms with Gasteiger partial charge in [-0.05, 0) is 48.0 Å². The number of fused-ring (bicyclic) bond motifs is 1. The van der Waals surface area contributed by atoms with Crippen molar-refractivity contribution in [1.29, 1.82) is 0 Å². The van der Waals surface area contributed by atoms with E-state index in [1.807, 2.05) is 48.5 Å². The van der Waals surface area contributed by atoms with E-state index in [1.54, 1.807) is 12.0 Å². The average Bonchev–Trinajstić information content (AvgIpc) is 3.15. The molecule has 1 aromatic heterocycles. The number of nitrogens with zero attached hydrogens (tertiary/aromatic N) is 2. The number of anilines is 1. The molecule has 0 aliphatic rings. The van der Waals surface area contributed by atoms with Gasteiger partial charge in [0.25, 0.3) is 5.91 Å². The number of rotatable bonds is 5. The Morgan fingerprint density at radius 1 is 1.07 bits per heavy atom. The summed E-state index contributed by atoms with van der Waals surface area (Å²) in [4.78, 5) is 19.5. The second kappa shape index (κ2) is 7.78. The quantitative estimate of drug-likeness (QED) is 0.463. The highest BCUT2D eigenvalue weighted by Gasteiger charge is 2.22. The fourth-order valence-electron chi connectivity index (χ4n) is 2.88. The Labute approximate surface area is 165 Å². The molecule has 1 heterocycles. The third kappa shape index (κ3) is 3.73. The summed E-state index contributed by atoms with van der Waals surface area (Å²) in [6.07, 6.45) is 0. The van der Waals surface area contributed by atoms with E-state index in [-0.39, 0.29) is 11.7 Å². The van der Waals surface area contributed by atoms with E-state index in [4.69, 9.17) is 4.74 Å². The lowest BCUT2D eigenvalue weighted by atomic mass is 10.1. The largest absolute Gasteiger partial charge is 0.497 e. The summed E-state index contributed by atoms with van der Waals surface area (Å²) in [5, 5.41) is 0.585. The van der Waals surface area contributed by atoms with Gasteiger partial charge in [0.05, 0.1) is 23.9 Å². The van der Waals surface area contributed by atoms with E-state index in [0.717, 1.165) is 21.5 Å². The van der Waals surface area contributed by atoms with Gasteiger partial charge in [-0.2, -0.15) is 0 Å². The summed E-state index contributed by atoms with van der Waals surface area (Å²) < 4.78 is 19.5. The minimum Gasteiger partial charge on any atom is -0.497 e. The van der Waals surface area contributed by atoms with Crippen molar-refractivity contribution in [2.45, 2.75) is 6.54 Å². The molecule has 4 rings (SSSR count). The molecule has 0 atom stereocenters. The normalized spacial score (nSPS) is 10.8. The highest BCUT2D eigenvalue weighted by molar-refractivity contribution is 7.22. The monoisotopic (exact) mass is 392 g/mol. The van der Waals surface area contributed by atoms with Crippen LogP contribution >= 0.6 is 11.3 Å². The Kier molecular flexibility index (Phi) is 5.04. The van der Waals surface area contributed by atoms with E-state index >= 15 is 0 Å². The van der Waals surface area contributed by atoms with Crippen LogP contribution in [0.2, 0.25) is 0 Å². The van der Waals surface area contributed by atoms with Gasteiger partial charge in [0, 0.05) is 5.56 Å². The summed E-state index contributed by atoms with van der Waals surface area (Å²) in [7, 11) is 1.61. The zero-order valence-electron chi connectivity index (χ0n) is 15.1. The molecule has 3 aromatic carbocycles. The van der Waals surface area contributed by atoms with Crippen LogP contribution < -0.4 is 9.64 Å². The smallest absolute Gasteiger partial charge is 0.260 e. The van der Waals surface area contributed by atoms with Gasteiger partial charge in [-0.15, -0.1) is 0 Å². The van der Waals surface area contributed by atoms with Crippen molar-refractivity contribution < 1.29 is 13.9 Å². The Morgan fingerprint density at radius 2 is 1.82 bits per heavy atom. The van der Waals surface area contributed by atoms with Crippen LogP contribution in [0.5, 0.6) is 5.75 Å². The molecule has 0 fully saturated rings. The summed E-state index contributed by atoms with van der Waals surface area (Å²) in [6, 6.07) is 20.9. The maximum absolute atomic E-state index is 13.3. The molecule has 0 aliphatic carbocycles. The molecule has 4 nitrogen and oxygen atoms in total. The van der Waals surface area contributed by atoms with Crippen molar-refractivity contribution in [2.75, 3.05) is 12.0 Å². The number of carbonyl (C=O) groups is 1. The van der Waals surface area contributed by atoms with Gasteiger partial charge < -0.3 is 4.74 Å². The number of halogens is 1. The molecule has 0 saturated carbocycles. The predicted molar refractivity (Wildman–Crippen MR) is 110 cm³/mol. The molecule has 6 heteroatoms. The van der Waals surface area contributed by atoms with E-state index in [9.17, 15) is 9.18 Å². The minimum atomic E-state index is -0.377. The molecule has 0 radical (unpaired) electrons. The molecule has 0 spiro atoms. The molecular formula is C22H17FN2O2S. The van der Waals surface area contributed by atoms with Gasteiger partial charge in [0.1, 0.15) is 11.6 Å². The molecule has 0 saturated heterocycles. The first kappa shape index (κ1) is 18.1. The lowest BCUT2D eigenvalue weighted by Gasteiger charge is -2.20. The molecule has 0 aliphatic heterocycles. The first-order valence-electron chi connectivity index (χ1n) is 8.70. The second-order valence-electron chi connectivity index (χ2n) is 6.21. The van der Waals surface area contributed by atoms with Crippen molar-refractivity contribution in [2.24, 2.45) is 0 Å². The number of ether oxygens (including phenoxy) is 1. The lowest BCUT2D eigenvalue weighted by molar-refractivity contribution is 0.0985. The van der Waals surface area contributed by atoms with E-state index in [2.05, 4.69) is 4.98 Å². The third-order valence-corrected chi connectivity index (χ3v) is 5.38.